The molecule has 1 aromatic carbocycles. The van der Waals surface area contributed by atoms with Gasteiger partial charge in [0.1, 0.15) is 0 Å². The molecule has 8 nitrogen and oxygen atoms in total. The largest absolute Gasteiger partial charge is 0.366 e. The zero-order valence-corrected chi connectivity index (χ0v) is 14.7. The maximum atomic E-state index is 11.8. The normalized spacial score (nSPS) is 11.6. The van der Waals surface area contributed by atoms with Crippen molar-refractivity contribution in [2.75, 3.05) is 0 Å². The van der Waals surface area contributed by atoms with Crippen LogP contribution in [-0.4, -0.2) is 23.6 Å². The molecule has 0 saturated heterocycles. The Kier molecular flexibility index (Phi) is 7.75. The Morgan fingerprint density at radius 3 is 1.58 bits per heavy atom. The quantitative estimate of drug-likeness (QED) is 0.476. The number of carbonyl (C=O) groups is 4. The van der Waals surface area contributed by atoms with Gasteiger partial charge in [-0.3, -0.25) is 19.2 Å². The van der Waals surface area contributed by atoms with Gasteiger partial charge in [-0.05, 0) is 25.0 Å². The Morgan fingerprint density at radius 1 is 0.846 bits per heavy atom. The van der Waals surface area contributed by atoms with Crippen LogP contribution in [0.15, 0.2) is 47.6 Å². The fourth-order valence-electron chi connectivity index (χ4n) is 2.05. The van der Waals surface area contributed by atoms with Gasteiger partial charge in [-0.1, -0.05) is 24.3 Å². The third-order valence-corrected chi connectivity index (χ3v) is 3.33. The smallest absolute Gasteiger partial charge is 0.247 e. The maximum absolute atomic E-state index is 11.8. The van der Waals surface area contributed by atoms with Gasteiger partial charge in [0.2, 0.25) is 23.6 Å². The van der Waals surface area contributed by atoms with Gasteiger partial charge in [-0.2, -0.15) is 0 Å². The summed E-state index contributed by atoms with van der Waals surface area (Å²) in [6.07, 6.45) is 2.12. The van der Waals surface area contributed by atoms with Gasteiger partial charge in [-0.15, -0.1) is 0 Å². The molecule has 1 rings (SSSR count). The standard InChI is InChI=1S/C18H22N4O4/c1-11(6-15(19)23)17(25)21-9-13-4-3-5-14(8-13)10-22-18(26)12(2)7-16(20)24/h3-8H,9-10H2,1-2H3,(H2,19,23)(H2,20,24)(H,21,25)(H,22,26). The first-order chi connectivity index (χ1) is 12.2. The molecule has 0 aliphatic carbocycles. The first kappa shape index (κ1) is 20.6. The van der Waals surface area contributed by atoms with Gasteiger partial charge in [0.15, 0.2) is 0 Å². The van der Waals surface area contributed by atoms with Crippen molar-refractivity contribution in [1.29, 1.82) is 0 Å². The van der Waals surface area contributed by atoms with E-state index in [0.29, 0.717) is 0 Å². The third kappa shape index (κ3) is 7.43. The second-order valence-electron chi connectivity index (χ2n) is 5.64. The molecule has 0 aliphatic heterocycles. The van der Waals surface area contributed by atoms with Gasteiger partial charge < -0.3 is 22.1 Å². The minimum absolute atomic E-state index is 0.220. The highest BCUT2D eigenvalue weighted by Gasteiger charge is 2.07. The van der Waals surface area contributed by atoms with Crippen molar-refractivity contribution in [1.82, 2.24) is 10.6 Å². The van der Waals surface area contributed by atoms with Crippen LogP contribution in [0.1, 0.15) is 25.0 Å². The number of primary amides is 2. The fraction of sp³-hybridized carbons (Fsp3) is 0.222. The monoisotopic (exact) mass is 358 g/mol. The molecular formula is C18H22N4O4. The summed E-state index contributed by atoms with van der Waals surface area (Å²) >= 11 is 0. The van der Waals surface area contributed by atoms with Gasteiger partial charge in [0, 0.05) is 36.4 Å². The second kappa shape index (κ2) is 9.77. The lowest BCUT2D eigenvalue weighted by Crippen LogP contribution is -2.25. The molecule has 26 heavy (non-hydrogen) atoms. The number of nitrogens with one attached hydrogen (secondary N) is 2. The van der Waals surface area contributed by atoms with E-state index in [9.17, 15) is 19.2 Å². The molecule has 0 fully saturated rings. The molecule has 0 heterocycles. The summed E-state index contributed by atoms with van der Waals surface area (Å²) in [6, 6.07) is 7.25. The first-order valence-corrected chi connectivity index (χ1v) is 7.78. The second-order valence-corrected chi connectivity index (χ2v) is 5.64. The predicted octanol–water partition coefficient (Wildman–Crippen LogP) is -0.218. The van der Waals surface area contributed by atoms with E-state index >= 15 is 0 Å². The van der Waals surface area contributed by atoms with Crippen molar-refractivity contribution < 1.29 is 19.2 Å². The minimum Gasteiger partial charge on any atom is -0.366 e. The van der Waals surface area contributed by atoms with Crippen LogP contribution >= 0.6 is 0 Å². The van der Waals surface area contributed by atoms with Gasteiger partial charge >= 0.3 is 0 Å². The van der Waals surface area contributed by atoms with Crippen molar-refractivity contribution in [2.45, 2.75) is 26.9 Å². The van der Waals surface area contributed by atoms with E-state index in [0.717, 1.165) is 23.3 Å². The third-order valence-electron chi connectivity index (χ3n) is 3.33. The molecule has 0 aliphatic rings. The average Bonchev–Trinajstić information content (AvgIpc) is 2.56. The van der Waals surface area contributed by atoms with Gasteiger partial charge in [-0.25, -0.2) is 0 Å². The van der Waals surface area contributed by atoms with Crippen LogP contribution in [0, 0.1) is 0 Å². The summed E-state index contributed by atoms with van der Waals surface area (Å²) in [6.45, 7) is 3.50. The van der Waals surface area contributed by atoms with Crippen LogP contribution in [0.4, 0.5) is 0 Å². The van der Waals surface area contributed by atoms with Crippen LogP contribution in [0.2, 0.25) is 0 Å². The zero-order valence-electron chi connectivity index (χ0n) is 14.7. The molecule has 0 aromatic heterocycles. The van der Waals surface area contributed by atoms with Crippen LogP contribution in [-0.2, 0) is 32.3 Å². The highest BCUT2D eigenvalue weighted by atomic mass is 16.2. The van der Waals surface area contributed by atoms with Crippen LogP contribution in [0.5, 0.6) is 0 Å². The molecule has 0 bridgehead atoms. The predicted molar refractivity (Wildman–Crippen MR) is 96.0 cm³/mol. The Bertz CT molecular complexity index is 720. The van der Waals surface area contributed by atoms with Gasteiger partial charge in [0.05, 0.1) is 0 Å². The number of benzene rings is 1. The number of hydrogen-bond donors (Lipinski definition) is 4. The van der Waals surface area contributed by atoms with Crippen molar-refractivity contribution >= 4 is 23.6 Å². The molecule has 0 atom stereocenters. The molecule has 138 valence electrons. The van der Waals surface area contributed by atoms with E-state index in [1.54, 1.807) is 6.07 Å². The molecule has 8 heteroatoms. The van der Waals surface area contributed by atoms with E-state index in [2.05, 4.69) is 10.6 Å². The highest BCUT2D eigenvalue weighted by molar-refractivity contribution is 6.00. The number of rotatable bonds is 8. The lowest BCUT2D eigenvalue weighted by Gasteiger charge is -2.09. The van der Waals surface area contributed by atoms with E-state index in [1.807, 2.05) is 18.2 Å². The lowest BCUT2D eigenvalue weighted by molar-refractivity contribution is -0.118. The molecule has 0 unspecified atom stereocenters. The molecule has 4 amide bonds. The summed E-state index contributed by atoms with van der Waals surface area (Å²) in [5.74, 6) is -2.16. The van der Waals surface area contributed by atoms with Crippen molar-refractivity contribution in [3.63, 3.8) is 0 Å². The SMILES string of the molecule is CC(=CC(N)=O)C(=O)NCc1cccc(CNC(=O)C(C)=CC(N)=O)c1. The average molecular weight is 358 g/mol. The van der Waals surface area contributed by atoms with Crippen LogP contribution < -0.4 is 22.1 Å². The topological polar surface area (TPSA) is 144 Å². The maximum Gasteiger partial charge on any atom is 0.247 e. The Labute approximate surface area is 151 Å². The van der Waals surface area contributed by atoms with Gasteiger partial charge in [0.25, 0.3) is 0 Å². The van der Waals surface area contributed by atoms with Crippen LogP contribution in [0.25, 0.3) is 0 Å². The first-order valence-electron chi connectivity index (χ1n) is 7.78. The lowest BCUT2D eigenvalue weighted by atomic mass is 10.1. The molecular weight excluding hydrogens is 336 g/mol. The Morgan fingerprint density at radius 2 is 1.23 bits per heavy atom. The van der Waals surface area contributed by atoms with E-state index in [-0.39, 0.29) is 24.2 Å². The summed E-state index contributed by atoms with van der Waals surface area (Å²) in [4.78, 5) is 45.2. The Balaban J connectivity index is 2.63. The number of carbonyl (C=O) groups excluding carboxylic acids is 4. The van der Waals surface area contributed by atoms with E-state index in [4.69, 9.17) is 11.5 Å². The van der Waals surface area contributed by atoms with Crippen molar-refractivity contribution in [2.24, 2.45) is 11.5 Å². The summed E-state index contributed by atoms with van der Waals surface area (Å²) < 4.78 is 0. The summed E-state index contributed by atoms with van der Waals surface area (Å²) in [5, 5.41) is 5.35. The minimum atomic E-state index is -0.684. The molecule has 1 aromatic rings. The summed E-state index contributed by atoms with van der Waals surface area (Å²) in [5.41, 5.74) is 12.1. The summed E-state index contributed by atoms with van der Waals surface area (Å²) in [7, 11) is 0. The molecule has 0 radical (unpaired) electrons. The number of amides is 4. The number of hydrogen-bond acceptors (Lipinski definition) is 4. The highest BCUT2D eigenvalue weighted by Crippen LogP contribution is 2.06. The Hall–Kier alpha value is -3.42. The van der Waals surface area contributed by atoms with Crippen LogP contribution in [0.3, 0.4) is 0 Å². The molecule has 6 N–H and O–H groups in total. The van der Waals surface area contributed by atoms with Crippen molar-refractivity contribution in [3.8, 4) is 0 Å². The zero-order chi connectivity index (χ0) is 19.7. The number of nitrogens with two attached hydrogens (primary N) is 2. The van der Waals surface area contributed by atoms with E-state index < -0.39 is 23.6 Å². The van der Waals surface area contributed by atoms with Crippen molar-refractivity contribution in [3.05, 3.63) is 58.7 Å². The molecule has 0 spiro atoms. The van der Waals surface area contributed by atoms with E-state index in [1.165, 1.54) is 13.8 Å². The molecule has 0 saturated carbocycles. The fourth-order valence-corrected chi connectivity index (χ4v) is 2.05.